The van der Waals surface area contributed by atoms with Crippen LogP contribution >= 0.6 is 0 Å². The van der Waals surface area contributed by atoms with Gasteiger partial charge < -0.3 is 5.32 Å². The van der Waals surface area contributed by atoms with Crippen molar-refractivity contribution in [2.75, 3.05) is 5.32 Å². The number of nitrogens with one attached hydrogen (secondary N) is 2. The van der Waals surface area contributed by atoms with Gasteiger partial charge in [0.2, 0.25) is 0 Å². The van der Waals surface area contributed by atoms with Crippen LogP contribution in [-0.4, -0.2) is 22.0 Å². The van der Waals surface area contributed by atoms with Crippen LogP contribution in [0.3, 0.4) is 0 Å². The number of halogens is 4. The lowest BCUT2D eigenvalue weighted by Gasteiger charge is -2.12. The largest absolute Gasteiger partial charge is 0.416 e. The van der Waals surface area contributed by atoms with Gasteiger partial charge in [-0.05, 0) is 54.3 Å². The molecule has 0 amide bonds. The first-order chi connectivity index (χ1) is 18.2. The van der Waals surface area contributed by atoms with Crippen molar-refractivity contribution in [2.24, 2.45) is 10.1 Å². The molecule has 0 fully saturated rings. The third-order valence-corrected chi connectivity index (χ3v) is 5.71. The van der Waals surface area contributed by atoms with E-state index in [9.17, 15) is 17.6 Å². The number of hydrogen-bond donors (Lipinski definition) is 2. The average Bonchev–Trinajstić information content (AvgIpc) is 2.88. The first kappa shape index (κ1) is 26.7. The Morgan fingerprint density at radius 3 is 2.61 bits per heavy atom. The lowest BCUT2D eigenvalue weighted by atomic mass is 9.98. The summed E-state index contributed by atoms with van der Waals surface area (Å²) in [7, 11) is 0. The van der Waals surface area contributed by atoms with Gasteiger partial charge in [-0.15, -0.1) is 0 Å². The highest BCUT2D eigenvalue weighted by molar-refractivity contribution is 5.87. The van der Waals surface area contributed by atoms with Crippen molar-refractivity contribution in [1.82, 2.24) is 15.4 Å². The number of hydrogen-bond acceptors (Lipinski definition) is 6. The summed E-state index contributed by atoms with van der Waals surface area (Å²) in [6, 6.07) is 10.2. The van der Waals surface area contributed by atoms with Crippen LogP contribution in [0.2, 0.25) is 0 Å². The van der Waals surface area contributed by atoms with Crippen molar-refractivity contribution in [2.45, 2.75) is 38.8 Å². The summed E-state index contributed by atoms with van der Waals surface area (Å²) < 4.78 is 53.6. The van der Waals surface area contributed by atoms with Gasteiger partial charge in [0.1, 0.15) is 11.7 Å². The molecule has 1 aliphatic rings. The molecule has 6 nitrogen and oxygen atoms in total. The first-order valence-electron chi connectivity index (χ1n) is 12.0. The Bertz CT molecular complexity index is 1390. The van der Waals surface area contributed by atoms with Gasteiger partial charge in [-0.3, -0.25) is 15.4 Å². The van der Waals surface area contributed by atoms with Crippen LogP contribution in [-0.2, 0) is 6.18 Å². The molecule has 0 saturated carbocycles. The minimum absolute atomic E-state index is 0.285. The second kappa shape index (κ2) is 11.8. The Hall–Kier alpha value is -4.34. The first-order valence-corrected chi connectivity index (χ1v) is 12.0. The van der Waals surface area contributed by atoms with Crippen molar-refractivity contribution in [3.05, 3.63) is 102 Å². The van der Waals surface area contributed by atoms with Gasteiger partial charge in [0.05, 0.1) is 35.6 Å². The summed E-state index contributed by atoms with van der Waals surface area (Å²) in [5.74, 6) is 0.317. The van der Waals surface area contributed by atoms with Gasteiger partial charge in [-0.2, -0.15) is 18.3 Å². The molecule has 0 atom stereocenters. The minimum atomic E-state index is -4.42. The van der Waals surface area contributed by atoms with Crippen LogP contribution in [0.25, 0.3) is 5.57 Å². The molecule has 1 aromatic carbocycles. The van der Waals surface area contributed by atoms with E-state index in [0.29, 0.717) is 46.9 Å². The molecule has 2 N–H and O–H groups in total. The smallest absolute Gasteiger partial charge is 0.354 e. The maximum absolute atomic E-state index is 14.9. The number of hydrazone groups is 1. The molecule has 38 heavy (non-hydrogen) atoms. The molecule has 0 saturated heterocycles. The molecule has 196 valence electrons. The van der Waals surface area contributed by atoms with E-state index in [1.54, 1.807) is 30.6 Å². The number of benzene rings is 1. The number of rotatable bonds is 6. The van der Waals surface area contributed by atoms with Crippen LogP contribution in [0.4, 0.5) is 28.9 Å². The van der Waals surface area contributed by atoms with E-state index >= 15 is 0 Å². The van der Waals surface area contributed by atoms with Crippen molar-refractivity contribution < 1.29 is 17.6 Å². The van der Waals surface area contributed by atoms with E-state index in [4.69, 9.17) is 0 Å². The second-order valence-corrected chi connectivity index (χ2v) is 8.92. The highest BCUT2D eigenvalue weighted by Crippen LogP contribution is 2.31. The Morgan fingerprint density at radius 1 is 1.03 bits per heavy atom. The van der Waals surface area contributed by atoms with Crippen molar-refractivity contribution in [3.63, 3.8) is 0 Å². The maximum Gasteiger partial charge on any atom is 0.416 e. The topological polar surface area (TPSA) is 74.6 Å². The van der Waals surface area contributed by atoms with Crippen molar-refractivity contribution in [3.8, 4) is 0 Å². The quantitative estimate of drug-likeness (QED) is 0.201. The predicted octanol–water partition coefficient (Wildman–Crippen LogP) is 7.37. The Balaban J connectivity index is 1.36. The van der Waals surface area contributed by atoms with Gasteiger partial charge in [-0.1, -0.05) is 26.0 Å². The number of amidine groups is 1. The maximum atomic E-state index is 14.9. The van der Waals surface area contributed by atoms with E-state index in [0.717, 1.165) is 23.9 Å². The van der Waals surface area contributed by atoms with E-state index in [2.05, 4.69) is 44.7 Å². The molecule has 3 heterocycles. The van der Waals surface area contributed by atoms with E-state index in [1.165, 1.54) is 18.5 Å². The number of pyridine rings is 2. The van der Waals surface area contributed by atoms with Gasteiger partial charge >= 0.3 is 6.18 Å². The lowest BCUT2D eigenvalue weighted by Crippen LogP contribution is -2.18. The zero-order chi connectivity index (χ0) is 27.1. The average molecular weight is 523 g/mol. The molecule has 0 bridgehead atoms. The summed E-state index contributed by atoms with van der Waals surface area (Å²) in [5, 5.41) is 7.03. The van der Waals surface area contributed by atoms with E-state index < -0.39 is 17.6 Å². The van der Waals surface area contributed by atoms with E-state index in [-0.39, 0.29) is 5.92 Å². The predicted molar refractivity (Wildman–Crippen MR) is 142 cm³/mol. The standard InChI is InChI=1S/C28H26F4N6/c1-18(2)19-11-20(14-33-13-19)25-7-4-8-27(35-17-26(25)29)38-36-16-23-9-10-24(15-34-23)37-22-6-3-5-21(12-22)28(30,31)32/h3,5-7,9-18,37H,4,8H2,1-2H3,(H,35,38)/b25-7?,26-17?,36-16+. The summed E-state index contributed by atoms with van der Waals surface area (Å²) in [4.78, 5) is 12.7. The Morgan fingerprint density at radius 2 is 1.87 bits per heavy atom. The molecule has 3 aromatic rings. The highest BCUT2D eigenvalue weighted by Gasteiger charge is 2.30. The summed E-state index contributed by atoms with van der Waals surface area (Å²) in [6.45, 7) is 4.12. The van der Waals surface area contributed by atoms with Crippen molar-refractivity contribution >= 4 is 29.0 Å². The summed E-state index contributed by atoms with van der Waals surface area (Å²) in [5.41, 5.74) is 5.63. The third kappa shape index (κ3) is 7.12. The Kier molecular flexibility index (Phi) is 8.30. The van der Waals surface area contributed by atoms with Gasteiger partial charge in [-0.25, -0.2) is 9.38 Å². The third-order valence-electron chi connectivity index (χ3n) is 5.71. The van der Waals surface area contributed by atoms with Gasteiger partial charge in [0.25, 0.3) is 0 Å². The molecule has 4 rings (SSSR count). The molecule has 2 aromatic heterocycles. The number of allylic oxidation sites excluding steroid dienone is 3. The minimum Gasteiger partial charge on any atom is -0.354 e. The SMILES string of the molecule is CC(C)c1cncc(C2=CCCC(N/N=C/c3ccc(Nc4cccc(C(F)(F)F)c4)cn3)=NC=C2F)c1. The highest BCUT2D eigenvalue weighted by atomic mass is 19.4. The molecule has 0 unspecified atom stereocenters. The second-order valence-electron chi connectivity index (χ2n) is 8.92. The van der Waals surface area contributed by atoms with Crippen LogP contribution in [0.15, 0.2) is 89.3 Å². The summed E-state index contributed by atoms with van der Waals surface area (Å²) >= 11 is 0. The monoisotopic (exact) mass is 522 g/mol. The summed E-state index contributed by atoms with van der Waals surface area (Å²) in [6.07, 6.45) is 6.04. The number of aromatic nitrogens is 2. The zero-order valence-electron chi connectivity index (χ0n) is 20.8. The zero-order valence-corrected chi connectivity index (χ0v) is 20.8. The van der Waals surface area contributed by atoms with Crippen LogP contribution < -0.4 is 10.7 Å². The van der Waals surface area contributed by atoms with Crippen molar-refractivity contribution in [1.29, 1.82) is 0 Å². The molecule has 0 spiro atoms. The molecular weight excluding hydrogens is 496 g/mol. The molecule has 10 heteroatoms. The van der Waals surface area contributed by atoms with Gasteiger partial charge in [0, 0.05) is 35.6 Å². The fourth-order valence-corrected chi connectivity index (χ4v) is 3.65. The van der Waals surface area contributed by atoms with Crippen LogP contribution in [0, 0.1) is 0 Å². The van der Waals surface area contributed by atoms with Gasteiger partial charge in [0.15, 0.2) is 0 Å². The Labute approximate surface area is 218 Å². The lowest BCUT2D eigenvalue weighted by molar-refractivity contribution is -0.137. The molecule has 0 radical (unpaired) electrons. The molecule has 0 aliphatic carbocycles. The fourth-order valence-electron chi connectivity index (χ4n) is 3.65. The number of nitrogens with zero attached hydrogens (tertiary/aromatic N) is 4. The van der Waals surface area contributed by atoms with Crippen LogP contribution in [0.5, 0.6) is 0 Å². The van der Waals surface area contributed by atoms with E-state index in [1.807, 2.05) is 12.1 Å². The normalized spacial score (nSPS) is 14.4. The number of alkyl halides is 3. The number of anilines is 2. The molecular formula is C28H26F4N6. The fraction of sp³-hybridized carbons (Fsp3) is 0.214. The van der Waals surface area contributed by atoms with Crippen LogP contribution in [0.1, 0.15) is 55.0 Å². The molecule has 1 aliphatic heterocycles. The number of aliphatic imine (C=N–C) groups is 1.